The molecule has 4 heteroatoms. The van der Waals surface area contributed by atoms with Crippen molar-refractivity contribution < 1.29 is 9.13 Å². The maximum atomic E-state index is 12.9. The summed E-state index contributed by atoms with van der Waals surface area (Å²) in [5.74, 6) is 0.172. The Hall–Kier alpha value is -1.60. The molecule has 0 spiro atoms. The van der Waals surface area contributed by atoms with Gasteiger partial charge in [-0.05, 0) is 32.0 Å². The fourth-order valence-corrected chi connectivity index (χ4v) is 1.51. The molecule has 1 rings (SSSR count). The SMILES string of the molecule is CCCNC(C)(C#N)CCOc1cccc(F)c1. The number of nitrogens with zero attached hydrogens (tertiary/aromatic N) is 1. The number of hydrogen-bond donors (Lipinski definition) is 1. The normalized spacial score (nSPS) is 13.7. The van der Waals surface area contributed by atoms with Crippen molar-refractivity contribution in [3.05, 3.63) is 30.1 Å². The number of halogens is 1. The summed E-state index contributed by atoms with van der Waals surface area (Å²) in [4.78, 5) is 0. The molecule has 98 valence electrons. The third kappa shape index (κ3) is 4.72. The Morgan fingerprint density at radius 3 is 2.89 bits per heavy atom. The van der Waals surface area contributed by atoms with Crippen LogP contribution in [0, 0.1) is 17.1 Å². The van der Waals surface area contributed by atoms with E-state index in [1.165, 1.54) is 12.1 Å². The third-order valence-electron chi connectivity index (χ3n) is 2.68. The highest BCUT2D eigenvalue weighted by molar-refractivity contribution is 5.22. The Kier molecular flexibility index (Phi) is 5.60. The Balaban J connectivity index is 2.42. The van der Waals surface area contributed by atoms with Crippen molar-refractivity contribution in [1.29, 1.82) is 5.26 Å². The van der Waals surface area contributed by atoms with E-state index < -0.39 is 5.54 Å². The predicted molar refractivity (Wildman–Crippen MR) is 68.8 cm³/mol. The van der Waals surface area contributed by atoms with Gasteiger partial charge in [0.15, 0.2) is 0 Å². The summed E-state index contributed by atoms with van der Waals surface area (Å²) in [6.45, 7) is 5.07. The molecule has 0 aliphatic heterocycles. The molecule has 0 bridgehead atoms. The summed E-state index contributed by atoms with van der Waals surface area (Å²) < 4.78 is 18.3. The van der Waals surface area contributed by atoms with Gasteiger partial charge in [-0.1, -0.05) is 13.0 Å². The zero-order valence-corrected chi connectivity index (χ0v) is 10.9. The van der Waals surface area contributed by atoms with Crippen LogP contribution >= 0.6 is 0 Å². The molecule has 0 aliphatic rings. The van der Waals surface area contributed by atoms with Gasteiger partial charge in [0, 0.05) is 12.5 Å². The summed E-state index contributed by atoms with van der Waals surface area (Å²) >= 11 is 0. The molecule has 0 heterocycles. The van der Waals surface area contributed by atoms with Crippen molar-refractivity contribution in [2.45, 2.75) is 32.2 Å². The summed E-state index contributed by atoms with van der Waals surface area (Å²) in [5.41, 5.74) is -0.594. The smallest absolute Gasteiger partial charge is 0.126 e. The highest BCUT2D eigenvalue weighted by atomic mass is 19.1. The van der Waals surface area contributed by atoms with Crippen LogP contribution in [0.1, 0.15) is 26.7 Å². The minimum Gasteiger partial charge on any atom is -0.493 e. The van der Waals surface area contributed by atoms with Crippen molar-refractivity contribution >= 4 is 0 Å². The lowest BCUT2D eigenvalue weighted by Crippen LogP contribution is -2.42. The van der Waals surface area contributed by atoms with Gasteiger partial charge in [0.1, 0.15) is 17.1 Å². The Bertz CT molecular complexity index is 417. The maximum absolute atomic E-state index is 12.9. The molecule has 0 aromatic heterocycles. The maximum Gasteiger partial charge on any atom is 0.126 e. The van der Waals surface area contributed by atoms with Crippen molar-refractivity contribution in [3.8, 4) is 11.8 Å². The Labute approximate surface area is 108 Å². The largest absolute Gasteiger partial charge is 0.493 e. The quantitative estimate of drug-likeness (QED) is 0.809. The van der Waals surface area contributed by atoms with E-state index in [-0.39, 0.29) is 5.82 Å². The van der Waals surface area contributed by atoms with E-state index >= 15 is 0 Å². The average molecular weight is 250 g/mol. The van der Waals surface area contributed by atoms with Crippen LogP contribution in [0.3, 0.4) is 0 Å². The first kappa shape index (κ1) is 14.5. The molecular formula is C14H19FN2O. The molecule has 1 atom stereocenters. The van der Waals surface area contributed by atoms with E-state index in [9.17, 15) is 4.39 Å². The number of hydrogen-bond acceptors (Lipinski definition) is 3. The Morgan fingerprint density at radius 2 is 2.28 bits per heavy atom. The van der Waals surface area contributed by atoms with Crippen LogP contribution in [0.4, 0.5) is 4.39 Å². The lowest BCUT2D eigenvalue weighted by Gasteiger charge is -2.23. The topological polar surface area (TPSA) is 45.0 Å². The molecule has 1 aromatic carbocycles. The molecule has 0 saturated heterocycles. The lowest BCUT2D eigenvalue weighted by molar-refractivity contribution is 0.266. The van der Waals surface area contributed by atoms with Gasteiger partial charge >= 0.3 is 0 Å². The summed E-state index contributed by atoms with van der Waals surface area (Å²) in [7, 11) is 0. The zero-order chi connectivity index (χ0) is 13.4. The molecule has 0 fully saturated rings. The van der Waals surface area contributed by atoms with Crippen LogP contribution in [0.5, 0.6) is 5.75 Å². The molecule has 0 saturated carbocycles. The van der Waals surface area contributed by atoms with Gasteiger partial charge in [-0.25, -0.2) is 4.39 Å². The first-order valence-corrected chi connectivity index (χ1v) is 6.14. The van der Waals surface area contributed by atoms with Crippen LogP contribution in [0.2, 0.25) is 0 Å². The van der Waals surface area contributed by atoms with Gasteiger partial charge in [-0.2, -0.15) is 5.26 Å². The zero-order valence-electron chi connectivity index (χ0n) is 10.9. The molecule has 1 aromatic rings. The molecule has 3 nitrogen and oxygen atoms in total. The number of benzene rings is 1. The number of nitriles is 1. The minimum atomic E-state index is -0.594. The number of nitrogens with one attached hydrogen (secondary N) is 1. The predicted octanol–water partition coefficient (Wildman–Crippen LogP) is 2.88. The van der Waals surface area contributed by atoms with Crippen LogP contribution in [-0.2, 0) is 0 Å². The van der Waals surface area contributed by atoms with Crippen LogP contribution < -0.4 is 10.1 Å². The van der Waals surface area contributed by atoms with Crippen molar-refractivity contribution in [2.24, 2.45) is 0 Å². The van der Waals surface area contributed by atoms with Crippen molar-refractivity contribution in [3.63, 3.8) is 0 Å². The highest BCUT2D eigenvalue weighted by Crippen LogP contribution is 2.14. The summed E-state index contributed by atoms with van der Waals surface area (Å²) in [5, 5.41) is 12.3. The number of rotatable bonds is 7. The van der Waals surface area contributed by atoms with Gasteiger partial charge in [0.05, 0.1) is 12.7 Å². The second-order valence-corrected chi connectivity index (χ2v) is 4.43. The molecule has 0 amide bonds. The minimum absolute atomic E-state index is 0.320. The van der Waals surface area contributed by atoms with E-state index in [4.69, 9.17) is 10.00 Å². The first-order valence-electron chi connectivity index (χ1n) is 6.14. The van der Waals surface area contributed by atoms with E-state index in [0.29, 0.717) is 18.8 Å². The van der Waals surface area contributed by atoms with E-state index in [1.54, 1.807) is 12.1 Å². The fraction of sp³-hybridized carbons (Fsp3) is 0.500. The van der Waals surface area contributed by atoms with E-state index in [2.05, 4.69) is 11.4 Å². The third-order valence-corrected chi connectivity index (χ3v) is 2.68. The monoisotopic (exact) mass is 250 g/mol. The average Bonchev–Trinajstić information content (AvgIpc) is 2.36. The molecule has 0 aliphatic carbocycles. The second kappa shape index (κ2) is 6.97. The van der Waals surface area contributed by atoms with Gasteiger partial charge in [-0.3, -0.25) is 5.32 Å². The highest BCUT2D eigenvalue weighted by Gasteiger charge is 2.22. The number of ether oxygens (including phenoxy) is 1. The van der Waals surface area contributed by atoms with Crippen LogP contribution in [-0.4, -0.2) is 18.7 Å². The summed E-state index contributed by atoms with van der Waals surface area (Å²) in [6.07, 6.45) is 1.53. The van der Waals surface area contributed by atoms with Gasteiger partial charge in [-0.15, -0.1) is 0 Å². The van der Waals surface area contributed by atoms with Crippen molar-refractivity contribution in [1.82, 2.24) is 5.32 Å². The van der Waals surface area contributed by atoms with Crippen LogP contribution in [0.15, 0.2) is 24.3 Å². The van der Waals surface area contributed by atoms with Crippen LogP contribution in [0.25, 0.3) is 0 Å². The van der Waals surface area contributed by atoms with Crippen molar-refractivity contribution in [2.75, 3.05) is 13.2 Å². The summed E-state index contributed by atoms with van der Waals surface area (Å²) in [6, 6.07) is 8.25. The van der Waals surface area contributed by atoms with E-state index in [0.717, 1.165) is 13.0 Å². The Morgan fingerprint density at radius 1 is 1.50 bits per heavy atom. The molecule has 1 N–H and O–H groups in total. The lowest BCUT2D eigenvalue weighted by atomic mass is 10.0. The molecule has 1 unspecified atom stereocenters. The van der Waals surface area contributed by atoms with Gasteiger partial charge in [0.25, 0.3) is 0 Å². The van der Waals surface area contributed by atoms with E-state index in [1.807, 2.05) is 13.8 Å². The standard InChI is InChI=1S/C14H19FN2O/c1-3-8-17-14(2,11-16)7-9-18-13-6-4-5-12(15)10-13/h4-6,10,17H,3,7-9H2,1-2H3. The first-order chi connectivity index (χ1) is 8.59. The van der Waals surface area contributed by atoms with Gasteiger partial charge in [0.2, 0.25) is 0 Å². The fourth-order valence-electron chi connectivity index (χ4n) is 1.51. The molecular weight excluding hydrogens is 231 g/mol. The van der Waals surface area contributed by atoms with Gasteiger partial charge < -0.3 is 4.74 Å². The molecule has 0 radical (unpaired) electrons. The molecule has 18 heavy (non-hydrogen) atoms. The second-order valence-electron chi connectivity index (χ2n) is 4.43.